The molecule has 0 aromatic heterocycles. The van der Waals surface area contributed by atoms with Crippen LogP contribution in [0.4, 0.5) is 0 Å². The van der Waals surface area contributed by atoms with E-state index in [9.17, 15) is 8.42 Å². The van der Waals surface area contributed by atoms with Crippen molar-refractivity contribution in [1.82, 2.24) is 4.72 Å². The number of nitrogens with one attached hydrogen (secondary N) is 1. The Labute approximate surface area is 168 Å². The molecule has 0 unspecified atom stereocenters. The predicted octanol–water partition coefficient (Wildman–Crippen LogP) is 3.88. The zero-order valence-corrected chi connectivity index (χ0v) is 17.5. The second-order valence-corrected chi connectivity index (χ2v) is 8.79. The lowest BCUT2D eigenvalue weighted by atomic mass is 9.92. The fourth-order valence-corrected chi connectivity index (χ4v) is 4.88. The molecule has 0 saturated carbocycles. The summed E-state index contributed by atoms with van der Waals surface area (Å²) in [5.74, 6) is 1.28. The van der Waals surface area contributed by atoms with Gasteiger partial charge in [0.1, 0.15) is 16.4 Å². The maximum atomic E-state index is 12.8. The minimum absolute atomic E-state index is 0.247. The van der Waals surface area contributed by atoms with Gasteiger partial charge in [-0.05, 0) is 86.4 Å². The van der Waals surface area contributed by atoms with E-state index in [2.05, 4.69) is 4.72 Å². The summed E-state index contributed by atoms with van der Waals surface area (Å²) in [6, 6.07) is 11.6. The van der Waals surface area contributed by atoms with Gasteiger partial charge in [-0.2, -0.15) is 0 Å². The average molecular weight is 404 g/mol. The molecule has 152 valence electrons. The van der Waals surface area contributed by atoms with Crippen molar-refractivity contribution in [3.05, 3.63) is 53.1 Å². The number of hydrogen-bond donors (Lipinski definition) is 1. The van der Waals surface area contributed by atoms with Gasteiger partial charge in [-0.1, -0.05) is 12.1 Å². The molecule has 0 fully saturated rings. The summed E-state index contributed by atoms with van der Waals surface area (Å²) in [6.07, 6.45) is 5.69. The van der Waals surface area contributed by atoms with Crippen LogP contribution in [0.2, 0.25) is 0 Å². The molecule has 6 heteroatoms. The molecule has 0 aliphatic heterocycles. The van der Waals surface area contributed by atoms with Crippen LogP contribution >= 0.6 is 0 Å². The molecule has 0 saturated heterocycles. The summed E-state index contributed by atoms with van der Waals surface area (Å²) in [6.45, 7) is 2.99. The highest BCUT2D eigenvalue weighted by Gasteiger charge is 2.22. The third-order valence-corrected chi connectivity index (χ3v) is 6.57. The van der Waals surface area contributed by atoms with Gasteiger partial charge in [0.2, 0.25) is 10.0 Å². The summed E-state index contributed by atoms with van der Waals surface area (Å²) in [5, 5.41) is 0. The Morgan fingerprint density at radius 1 is 1.04 bits per heavy atom. The summed E-state index contributed by atoms with van der Waals surface area (Å²) >= 11 is 0. The molecule has 1 aliphatic carbocycles. The molecule has 28 heavy (non-hydrogen) atoms. The number of rotatable bonds is 9. The van der Waals surface area contributed by atoms with Gasteiger partial charge >= 0.3 is 0 Å². The molecule has 0 heterocycles. The van der Waals surface area contributed by atoms with Crippen molar-refractivity contribution in [3.8, 4) is 11.5 Å². The van der Waals surface area contributed by atoms with E-state index >= 15 is 0 Å². The van der Waals surface area contributed by atoms with Crippen molar-refractivity contribution in [2.75, 3.05) is 20.3 Å². The minimum Gasteiger partial charge on any atom is -0.495 e. The molecule has 3 rings (SSSR count). The molecule has 2 aromatic rings. The molecular formula is C22H29NO4S. The Morgan fingerprint density at radius 3 is 2.36 bits per heavy atom. The zero-order valence-electron chi connectivity index (χ0n) is 16.7. The van der Waals surface area contributed by atoms with Gasteiger partial charge in [0.15, 0.2) is 0 Å². The molecule has 0 atom stereocenters. The molecule has 1 N–H and O–H groups in total. The van der Waals surface area contributed by atoms with Gasteiger partial charge in [-0.15, -0.1) is 0 Å². The van der Waals surface area contributed by atoms with Gasteiger partial charge in [0.05, 0.1) is 13.7 Å². The van der Waals surface area contributed by atoms with Crippen LogP contribution in [0.1, 0.15) is 42.9 Å². The van der Waals surface area contributed by atoms with Gasteiger partial charge in [0.25, 0.3) is 0 Å². The number of hydrogen-bond acceptors (Lipinski definition) is 4. The van der Waals surface area contributed by atoms with Crippen LogP contribution in [0.3, 0.4) is 0 Å². The van der Waals surface area contributed by atoms with E-state index in [0.29, 0.717) is 18.9 Å². The Balaban J connectivity index is 1.61. The fraction of sp³-hybridized carbons (Fsp3) is 0.455. The molecular weight excluding hydrogens is 374 g/mol. The highest BCUT2D eigenvalue weighted by Crippen LogP contribution is 2.31. The van der Waals surface area contributed by atoms with E-state index in [4.69, 9.17) is 9.47 Å². The molecule has 0 bridgehead atoms. The van der Waals surface area contributed by atoms with Crippen molar-refractivity contribution in [1.29, 1.82) is 0 Å². The van der Waals surface area contributed by atoms with Crippen molar-refractivity contribution in [2.45, 2.75) is 50.3 Å². The molecule has 1 aliphatic rings. The Kier molecular flexibility index (Phi) is 6.97. The zero-order chi connectivity index (χ0) is 20.0. The number of methoxy groups -OCH3 is 1. The van der Waals surface area contributed by atoms with Crippen molar-refractivity contribution in [2.24, 2.45) is 0 Å². The topological polar surface area (TPSA) is 64.6 Å². The molecule has 2 aromatic carbocycles. The van der Waals surface area contributed by atoms with Crippen LogP contribution in [0.15, 0.2) is 41.3 Å². The van der Waals surface area contributed by atoms with Crippen LogP contribution in [0, 0.1) is 0 Å². The first-order chi connectivity index (χ1) is 13.5. The number of ether oxygens (including phenoxy) is 2. The van der Waals surface area contributed by atoms with Gasteiger partial charge in [0, 0.05) is 6.54 Å². The lowest BCUT2D eigenvalue weighted by Crippen LogP contribution is -2.26. The second-order valence-electron chi connectivity index (χ2n) is 7.06. The van der Waals surface area contributed by atoms with Crippen molar-refractivity contribution < 1.29 is 17.9 Å². The Bertz CT molecular complexity index is 891. The predicted molar refractivity (Wildman–Crippen MR) is 111 cm³/mol. The average Bonchev–Trinajstić information content (AvgIpc) is 2.71. The van der Waals surface area contributed by atoms with Crippen LogP contribution in [0.25, 0.3) is 0 Å². The van der Waals surface area contributed by atoms with Crippen molar-refractivity contribution >= 4 is 10.0 Å². The Hall–Kier alpha value is -2.05. The third kappa shape index (κ3) is 5.06. The SMILES string of the molecule is CCOc1ccc(CCCNS(=O)(=O)c2cc3c(cc2OC)CCCC3)cc1. The van der Waals surface area contributed by atoms with E-state index in [0.717, 1.165) is 55.4 Å². The van der Waals surface area contributed by atoms with Crippen molar-refractivity contribution in [3.63, 3.8) is 0 Å². The Morgan fingerprint density at radius 2 is 1.71 bits per heavy atom. The summed E-state index contributed by atoms with van der Waals surface area (Å²) in [4.78, 5) is 0.247. The van der Waals surface area contributed by atoms with E-state index in [1.807, 2.05) is 37.3 Å². The van der Waals surface area contributed by atoms with Gasteiger partial charge in [-0.3, -0.25) is 0 Å². The first-order valence-corrected chi connectivity index (χ1v) is 11.4. The summed E-state index contributed by atoms with van der Waals surface area (Å²) in [7, 11) is -2.08. The lowest BCUT2D eigenvalue weighted by Gasteiger charge is -2.19. The smallest absolute Gasteiger partial charge is 0.244 e. The molecule has 0 spiro atoms. The third-order valence-electron chi connectivity index (χ3n) is 5.09. The maximum Gasteiger partial charge on any atom is 0.244 e. The standard InChI is InChI=1S/C22H29NO4S/c1-3-27-20-12-10-17(11-13-20)7-6-14-23-28(24,25)22-16-19-9-5-4-8-18(19)15-21(22)26-2/h10-13,15-16,23H,3-9,14H2,1-2H3. The highest BCUT2D eigenvalue weighted by molar-refractivity contribution is 7.89. The van der Waals surface area contributed by atoms with E-state index in [1.54, 1.807) is 6.07 Å². The number of fused-ring (bicyclic) bond motifs is 1. The molecule has 0 radical (unpaired) electrons. The minimum atomic E-state index is -3.60. The van der Waals surface area contributed by atoms with Crippen LogP contribution in [-0.4, -0.2) is 28.7 Å². The second kappa shape index (κ2) is 9.43. The monoisotopic (exact) mass is 403 g/mol. The number of sulfonamides is 1. The summed E-state index contributed by atoms with van der Waals surface area (Å²) in [5.41, 5.74) is 3.49. The summed E-state index contributed by atoms with van der Waals surface area (Å²) < 4.78 is 39.2. The van der Waals surface area contributed by atoms with Gasteiger partial charge in [-0.25, -0.2) is 13.1 Å². The normalized spacial score (nSPS) is 13.8. The first kappa shape index (κ1) is 20.7. The van der Waals surface area contributed by atoms with E-state index in [1.165, 1.54) is 12.7 Å². The lowest BCUT2D eigenvalue weighted by molar-refractivity contribution is 0.340. The van der Waals surface area contributed by atoms with E-state index < -0.39 is 10.0 Å². The highest BCUT2D eigenvalue weighted by atomic mass is 32.2. The quantitative estimate of drug-likeness (QED) is 0.645. The largest absolute Gasteiger partial charge is 0.495 e. The number of aryl methyl sites for hydroxylation is 3. The fourth-order valence-electron chi connectivity index (χ4n) is 3.61. The molecule has 5 nitrogen and oxygen atoms in total. The van der Waals surface area contributed by atoms with E-state index in [-0.39, 0.29) is 4.90 Å². The first-order valence-electron chi connectivity index (χ1n) is 9.94. The molecule has 0 amide bonds. The maximum absolute atomic E-state index is 12.8. The van der Waals surface area contributed by atoms with Crippen LogP contribution < -0.4 is 14.2 Å². The van der Waals surface area contributed by atoms with Crippen LogP contribution in [-0.2, 0) is 29.3 Å². The van der Waals surface area contributed by atoms with Crippen LogP contribution in [0.5, 0.6) is 11.5 Å². The number of benzene rings is 2. The van der Waals surface area contributed by atoms with Gasteiger partial charge < -0.3 is 9.47 Å².